The van der Waals surface area contributed by atoms with Crippen molar-refractivity contribution in [1.82, 2.24) is 9.03 Å². The first-order chi connectivity index (χ1) is 7.95. The predicted molar refractivity (Wildman–Crippen MR) is 70.4 cm³/mol. The average molecular weight is 277 g/mol. The lowest BCUT2D eigenvalue weighted by molar-refractivity contribution is 0.491. The first kappa shape index (κ1) is 14.4. The minimum Gasteiger partial charge on any atom is -0.198 e. The van der Waals surface area contributed by atoms with Crippen LogP contribution in [0, 0.1) is 0 Å². The van der Waals surface area contributed by atoms with Gasteiger partial charge in [-0.1, -0.05) is 30.3 Å². The monoisotopic (exact) mass is 276 g/mol. The second kappa shape index (κ2) is 6.35. The van der Waals surface area contributed by atoms with Crippen LogP contribution in [0.15, 0.2) is 30.3 Å². The van der Waals surface area contributed by atoms with Crippen molar-refractivity contribution >= 4 is 21.8 Å². The van der Waals surface area contributed by atoms with Crippen molar-refractivity contribution in [3.05, 3.63) is 35.9 Å². The topological polar surface area (TPSA) is 49.4 Å². The molecule has 0 aliphatic heterocycles. The molecular formula is C11H17ClN2O2S. The van der Waals surface area contributed by atoms with E-state index < -0.39 is 10.2 Å². The maximum absolute atomic E-state index is 11.6. The van der Waals surface area contributed by atoms with Crippen LogP contribution < -0.4 is 4.72 Å². The molecular weight excluding hydrogens is 260 g/mol. The summed E-state index contributed by atoms with van der Waals surface area (Å²) >= 11 is 5.78. The van der Waals surface area contributed by atoms with E-state index in [1.54, 1.807) is 0 Å². The van der Waals surface area contributed by atoms with Gasteiger partial charge in [0.15, 0.2) is 0 Å². The van der Waals surface area contributed by atoms with Crippen LogP contribution in [0.25, 0.3) is 0 Å². The Hall–Kier alpha value is -0.620. The molecule has 1 rings (SSSR count). The van der Waals surface area contributed by atoms with E-state index in [0.717, 1.165) is 9.87 Å². The molecule has 17 heavy (non-hydrogen) atoms. The lowest BCUT2D eigenvalue weighted by Gasteiger charge is -2.19. The van der Waals surface area contributed by atoms with E-state index in [1.807, 2.05) is 30.3 Å². The van der Waals surface area contributed by atoms with Crippen LogP contribution >= 0.6 is 11.6 Å². The van der Waals surface area contributed by atoms with Crippen molar-refractivity contribution in [1.29, 1.82) is 0 Å². The number of nitrogens with zero attached hydrogens (tertiary/aromatic N) is 1. The van der Waals surface area contributed by atoms with Gasteiger partial charge in [-0.05, 0) is 12.0 Å². The van der Waals surface area contributed by atoms with E-state index in [4.69, 9.17) is 11.6 Å². The number of nitrogens with one attached hydrogen (secondary N) is 1. The zero-order chi connectivity index (χ0) is 12.9. The van der Waals surface area contributed by atoms with Gasteiger partial charge in [0.1, 0.15) is 0 Å². The molecule has 0 amide bonds. The quantitative estimate of drug-likeness (QED) is 0.795. The molecule has 1 aromatic carbocycles. The van der Waals surface area contributed by atoms with E-state index in [-0.39, 0.29) is 11.9 Å². The number of hydrogen-bond donors (Lipinski definition) is 1. The Morgan fingerprint density at radius 3 is 2.35 bits per heavy atom. The molecule has 0 heterocycles. The summed E-state index contributed by atoms with van der Waals surface area (Å²) in [7, 11) is -0.466. The Labute approximate surface area is 108 Å². The Morgan fingerprint density at radius 2 is 1.88 bits per heavy atom. The molecule has 0 aliphatic rings. The van der Waals surface area contributed by atoms with Crippen LogP contribution in [-0.2, 0) is 16.6 Å². The van der Waals surface area contributed by atoms with Crippen LogP contribution in [0.5, 0.6) is 0 Å². The molecule has 1 N–H and O–H groups in total. The third kappa shape index (κ3) is 4.63. The predicted octanol–water partition coefficient (Wildman–Crippen LogP) is 1.23. The van der Waals surface area contributed by atoms with Gasteiger partial charge in [-0.2, -0.15) is 17.4 Å². The highest BCUT2D eigenvalue weighted by molar-refractivity contribution is 7.87. The minimum atomic E-state index is -3.43. The summed E-state index contributed by atoms with van der Waals surface area (Å²) in [6.45, 7) is 0. The molecule has 1 aromatic rings. The molecule has 6 heteroatoms. The number of alkyl halides is 1. The largest absolute Gasteiger partial charge is 0.279 e. The average Bonchev–Trinajstić information content (AvgIpc) is 2.29. The minimum absolute atomic E-state index is 0.238. The molecule has 0 radical (unpaired) electrons. The summed E-state index contributed by atoms with van der Waals surface area (Å²) in [5, 5.41) is 0. The van der Waals surface area contributed by atoms with Crippen molar-refractivity contribution < 1.29 is 8.42 Å². The molecule has 0 saturated carbocycles. The highest BCUT2D eigenvalue weighted by atomic mass is 35.5. The molecule has 0 saturated heterocycles. The van der Waals surface area contributed by atoms with Gasteiger partial charge in [-0.15, -0.1) is 11.6 Å². The normalized spacial score (nSPS) is 13.9. The molecule has 0 aliphatic carbocycles. The summed E-state index contributed by atoms with van der Waals surface area (Å²) in [6, 6.07) is 9.35. The smallest absolute Gasteiger partial charge is 0.198 e. The summed E-state index contributed by atoms with van der Waals surface area (Å²) < 4.78 is 27.0. The second-order valence-corrected chi connectivity index (χ2v) is 6.17. The van der Waals surface area contributed by atoms with Gasteiger partial charge < -0.3 is 0 Å². The van der Waals surface area contributed by atoms with Crippen LogP contribution in [-0.4, -0.2) is 38.7 Å². The summed E-state index contributed by atoms with van der Waals surface area (Å²) in [6.07, 6.45) is 0.581. The van der Waals surface area contributed by atoms with E-state index in [9.17, 15) is 8.42 Å². The molecule has 96 valence electrons. The molecule has 1 atom stereocenters. The summed E-state index contributed by atoms with van der Waals surface area (Å²) in [5.74, 6) is 0.238. The summed E-state index contributed by atoms with van der Waals surface area (Å²) in [5.41, 5.74) is 1.06. The van der Waals surface area contributed by atoms with Gasteiger partial charge in [0.25, 0.3) is 10.2 Å². The van der Waals surface area contributed by atoms with Gasteiger partial charge in [0.2, 0.25) is 0 Å². The molecule has 0 spiro atoms. The van der Waals surface area contributed by atoms with Crippen LogP contribution in [0.2, 0.25) is 0 Å². The van der Waals surface area contributed by atoms with Gasteiger partial charge in [-0.25, -0.2) is 0 Å². The van der Waals surface area contributed by atoms with Gasteiger partial charge >= 0.3 is 0 Å². The Bertz CT molecular complexity index is 434. The first-order valence-electron chi connectivity index (χ1n) is 5.25. The first-order valence-corrected chi connectivity index (χ1v) is 7.23. The van der Waals surface area contributed by atoms with Crippen LogP contribution in [0.4, 0.5) is 0 Å². The van der Waals surface area contributed by atoms with Crippen LogP contribution in [0.3, 0.4) is 0 Å². The fraction of sp³-hybridized carbons (Fsp3) is 0.455. The molecule has 0 unspecified atom stereocenters. The van der Waals surface area contributed by atoms with Crippen molar-refractivity contribution in [2.75, 3.05) is 20.0 Å². The van der Waals surface area contributed by atoms with Crippen LogP contribution in [0.1, 0.15) is 5.56 Å². The Balaban J connectivity index is 2.68. The molecule has 4 nitrogen and oxygen atoms in total. The van der Waals surface area contributed by atoms with Crippen molar-refractivity contribution in [2.24, 2.45) is 0 Å². The number of benzene rings is 1. The maximum atomic E-state index is 11.6. The Morgan fingerprint density at radius 1 is 1.29 bits per heavy atom. The number of halogens is 1. The zero-order valence-corrected chi connectivity index (χ0v) is 11.5. The van der Waals surface area contributed by atoms with Crippen molar-refractivity contribution in [2.45, 2.75) is 12.5 Å². The number of hydrogen-bond acceptors (Lipinski definition) is 2. The van der Waals surface area contributed by atoms with Gasteiger partial charge in [0, 0.05) is 26.0 Å². The highest BCUT2D eigenvalue weighted by Crippen LogP contribution is 2.06. The van der Waals surface area contributed by atoms with Gasteiger partial charge in [0.05, 0.1) is 0 Å². The maximum Gasteiger partial charge on any atom is 0.279 e. The van der Waals surface area contributed by atoms with E-state index in [1.165, 1.54) is 14.1 Å². The van der Waals surface area contributed by atoms with Gasteiger partial charge in [-0.3, -0.25) is 0 Å². The van der Waals surface area contributed by atoms with Crippen molar-refractivity contribution in [3.8, 4) is 0 Å². The second-order valence-electron chi connectivity index (χ2n) is 3.95. The molecule has 0 fully saturated rings. The fourth-order valence-corrected chi connectivity index (χ4v) is 2.42. The third-order valence-corrected chi connectivity index (χ3v) is 4.27. The molecule has 0 aromatic heterocycles. The SMILES string of the molecule is CN(C)S(=O)(=O)N[C@H](CCl)Cc1ccccc1. The van der Waals surface area contributed by atoms with E-state index >= 15 is 0 Å². The molecule has 0 bridgehead atoms. The van der Waals surface area contributed by atoms with E-state index in [0.29, 0.717) is 6.42 Å². The standard InChI is InChI=1S/C11H17ClN2O2S/c1-14(2)17(15,16)13-11(9-12)8-10-6-4-3-5-7-10/h3-7,11,13H,8-9H2,1-2H3/t11-/m0/s1. The highest BCUT2D eigenvalue weighted by Gasteiger charge is 2.19. The third-order valence-electron chi connectivity index (χ3n) is 2.31. The zero-order valence-electron chi connectivity index (χ0n) is 9.93. The summed E-state index contributed by atoms with van der Waals surface area (Å²) in [4.78, 5) is 0. The van der Waals surface area contributed by atoms with E-state index in [2.05, 4.69) is 4.72 Å². The lowest BCUT2D eigenvalue weighted by Crippen LogP contribution is -2.44. The number of rotatable bonds is 6. The Kier molecular flexibility index (Phi) is 5.39. The lowest BCUT2D eigenvalue weighted by atomic mass is 10.1. The fourth-order valence-electron chi connectivity index (χ4n) is 1.34. The van der Waals surface area contributed by atoms with Crippen molar-refractivity contribution in [3.63, 3.8) is 0 Å².